The van der Waals surface area contributed by atoms with Crippen LogP contribution in [0.1, 0.15) is 30.4 Å². The second-order valence-electron chi connectivity index (χ2n) is 7.13. The number of Topliss-reactive ketones (excluding diaryl/α,β-unsaturated/α-hetero) is 1. The largest absolute Gasteiger partial charge is 0.314 e. The van der Waals surface area contributed by atoms with Crippen molar-refractivity contribution in [1.29, 1.82) is 0 Å². The van der Waals surface area contributed by atoms with Gasteiger partial charge in [0.25, 0.3) is 0 Å². The molecule has 0 fully saturated rings. The van der Waals surface area contributed by atoms with Crippen molar-refractivity contribution in [2.45, 2.75) is 32.1 Å². The van der Waals surface area contributed by atoms with E-state index in [0.717, 1.165) is 11.1 Å². The van der Waals surface area contributed by atoms with Gasteiger partial charge >= 0.3 is 0 Å². The molecular weight excluding hydrogens is 372 g/mol. The van der Waals surface area contributed by atoms with Gasteiger partial charge in [-0.2, -0.15) is 0 Å². The number of hydrogen-bond acceptors (Lipinski definition) is 3. The van der Waals surface area contributed by atoms with Gasteiger partial charge in [0, 0.05) is 12.8 Å². The summed E-state index contributed by atoms with van der Waals surface area (Å²) in [7, 11) is 0. The number of benzene rings is 3. The van der Waals surface area contributed by atoms with Gasteiger partial charge in [0.05, 0.1) is 12.1 Å². The molecule has 0 bridgehead atoms. The topological polar surface area (TPSA) is 58.5 Å². The molecule has 4 nitrogen and oxygen atoms in total. The number of aliphatic imine (C=N–C) groups is 1. The van der Waals surface area contributed by atoms with Crippen molar-refractivity contribution in [2.75, 3.05) is 0 Å². The number of nitrogens with one attached hydrogen (secondary N) is 1. The van der Waals surface area contributed by atoms with Crippen molar-refractivity contribution in [3.8, 4) is 0 Å². The van der Waals surface area contributed by atoms with Gasteiger partial charge in [-0.1, -0.05) is 78.9 Å². The van der Waals surface area contributed by atoms with Gasteiger partial charge < -0.3 is 5.32 Å². The quantitative estimate of drug-likeness (QED) is 0.405. The third kappa shape index (κ3) is 7.47. The summed E-state index contributed by atoms with van der Waals surface area (Å²) in [6.07, 6.45) is 2.19. The van der Waals surface area contributed by atoms with Gasteiger partial charge in [-0.05, 0) is 36.1 Å². The molecule has 0 spiro atoms. The number of hydrogen-bond donors (Lipinski definition) is 1. The van der Waals surface area contributed by atoms with E-state index >= 15 is 0 Å². The molecular formula is C26H26N2O2. The fourth-order valence-corrected chi connectivity index (χ4v) is 3.10. The average Bonchev–Trinajstić information content (AvgIpc) is 2.78. The highest BCUT2D eigenvalue weighted by atomic mass is 16.1. The zero-order valence-corrected chi connectivity index (χ0v) is 17.0. The van der Waals surface area contributed by atoms with E-state index in [4.69, 9.17) is 0 Å². The minimum atomic E-state index is -0.135. The van der Waals surface area contributed by atoms with Crippen LogP contribution in [0.15, 0.2) is 96.0 Å². The molecule has 3 aromatic rings. The lowest BCUT2D eigenvalue weighted by atomic mass is 10.1. The van der Waals surface area contributed by atoms with Gasteiger partial charge in [0.15, 0.2) is 0 Å². The Labute approximate surface area is 177 Å². The summed E-state index contributed by atoms with van der Waals surface area (Å²) in [6, 6.07) is 29.2. The summed E-state index contributed by atoms with van der Waals surface area (Å²) in [5.41, 5.74) is 2.94. The average molecular weight is 399 g/mol. The van der Waals surface area contributed by atoms with Crippen molar-refractivity contribution < 1.29 is 9.59 Å². The maximum absolute atomic E-state index is 12.5. The van der Waals surface area contributed by atoms with Crippen LogP contribution in [0.5, 0.6) is 0 Å². The highest BCUT2D eigenvalue weighted by Crippen LogP contribution is 2.12. The van der Waals surface area contributed by atoms with E-state index in [1.807, 2.05) is 91.0 Å². The predicted octanol–water partition coefficient (Wildman–Crippen LogP) is 5.06. The van der Waals surface area contributed by atoms with Crippen molar-refractivity contribution in [3.05, 3.63) is 102 Å². The van der Waals surface area contributed by atoms with Gasteiger partial charge in [0.2, 0.25) is 5.91 Å². The lowest BCUT2D eigenvalue weighted by Gasteiger charge is -2.09. The molecule has 0 aliphatic carbocycles. The number of aryl methyl sites for hydroxylation is 2. The fourth-order valence-electron chi connectivity index (χ4n) is 3.10. The Morgan fingerprint density at radius 3 is 1.73 bits per heavy atom. The van der Waals surface area contributed by atoms with Crippen LogP contribution in [0.3, 0.4) is 0 Å². The highest BCUT2D eigenvalue weighted by Gasteiger charge is 2.12. The van der Waals surface area contributed by atoms with Gasteiger partial charge in [-0.25, -0.2) is 4.99 Å². The van der Waals surface area contributed by atoms with Crippen LogP contribution in [0.4, 0.5) is 5.69 Å². The second-order valence-corrected chi connectivity index (χ2v) is 7.13. The molecule has 3 rings (SSSR count). The molecule has 0 radical (unpaired) electrons. The van der Waals surface area contributed by atoms with E-state index < -0.39 is 0 Å². The van der Waals surface area contributed by atoms with Gasteiger partial charge in [-0.15, -0.1) is 0 Å². The zero-order chi connectivity index (χ0) is 21.0. The monoisotopic (exact) mass is 398 g/mol. The highest BCUT2D eigenvalue weighted by molar-refractivity contribution is 6.08. The lowest BCUT2D eigenvalue weighted by molar-refractivity contribution is -0.119. The molecule has 1 amide bonds. The number of rotatable bonds is 9. The predicted molar refractivity (Wildman–Crippen MR) is 121 cm³/mol. The SMILES string of the molecule is O=C(CCc1ccccc1)CC(=Nc1ccccc1)NC(=O)CCc1ccccc1. The first kappa shape index (κ1) is 21.2. The summed E-state index contributed by atoms with van der Waals surface area (Å²) in [5, 5.41) is 2.86. The first-order valence-corrected chi connectivity index (χ1v) is 10.2. The normalized spacial score (nSPS) is 11.1. The molecule has 0 saturated heterocycles. The van der Waals surface area contributed by atoms with Gasteiger partial charge in [0.1, 0.15) is 11.6 Å². The first-order chi connectivity index (χ1) is 14.7. The molecule has 30 heavy (non-hydrogen) atoms. The number of amides is 1. The minimum Gasteiger partial charge on any atom is -0.314 e. The van der Waals surface area contributed by atoms with E-state index in [2.05, 4.69) is 10.3 Å². The Balaban J connectivity index is 1.60. The molecule has 0 aliphatic heterocycles. The van der Waals surface area contributed by atoms with Crippen molar-refractivity contribution in [3.63, 3.8) is 0 Å². The Hall–Kier alpha value is -3.53. The molecule has 0 aromatic heterocycles. The maximum Gasteiger partial charge on any atom is 0.225 e. The number of amidine groups is 1. The van der Waals surface area contributed by atoms with Gasteiger partial charge in [-0.3, -0.25) is 9.59 Å². The van der Waals surface area contributed by atoms with Crippen LogP contribution in [0.25, 0.3) is 0 Å². The Morgan fingerprint density at radius 1 is 0.667 bits per heavy atom. The molecule has 0 unspecified atom stereocenters. The molecule has 3 aromatic carbocycles. The Bertz CT molecular complexity index is 908. The van der Waals surface area contributed by atoms with Crippen LogP contribution >= 0.6 is 0 Å². The Morgan fingerprint density at radius 2 is 1.17 bits per heavy atom. The van der Waals surface area contributed by atoms with Crippen LogP contribution in [-0.2, 0) is 22.4 Å². The standard InChI is InChI=1S/C26H26N2O2/c29-24(18-16-21-10-4-1-5-11-21)20-25(27-23-14-8-3-9-15-23)28-26(30)19-17-22-12-6-2-7-13-22/h1-15H,16-20H2,(H,27,28,30). The smallest absolute Gasteiger partial charge is 0.225 e. The van der Waals surface area contributed by atoms with Crippen molar-refractivity contribution >= 4 is 23.2 Å². The zero-order valence-electron chi connectivity index (χ0n) is 17.0. The number of para-hydroxylation sites is 1. The van der Waals surface area contributed by atoms with Crippen LogP contribution in [0, 0.1) is 0 Å². The molecule has 4 heteroatoms. The molecule has 0 heterocycles. The summed E-state index contributed by atoms with van der Waals surface area (Å²) < 4.78 is 0. The summed E-state index contributed by atoms with van der Waals surface area (Å²) in [6.45, 7) is 0. The lowest BCUT2D eigenvalue weighted by Crippen LogP contribution is -2.32. The molecule has 0 saturated carbocycles. The molecule has 1 N–H and O–H groups in total. The molecule has 0 aliphatic rings. The summed E-state index contributed by atoms with van der Waals surface area (Å²) >= 11 is 0. The summed E-state index contributed by atoms with van der Waals surface area (Å²) in [5.74, 6) is 0.318. The molecule has 152 valence electrons. The minimum absolute atomic E-state index is 0.0527. The van der Waals surface area contributed by atoms with E-state index in [1.54, 1.807) is 0 Å². The van der Waals surface area contributed by atoms with Crippen molar-refractivity contribution in [1.82, 2.24) is 5.32 Å². The third-order valence-electron chi connectivity index (χ3n) is 4.69. The maximum atomic E-state index is 12.5. The fraction of sp³-hybridized carbons (Fsp3) is 0.192. The third-order valence-corrected chi connectivity index (χ3v) is 4.69. The number of carbonyl (C=O) groups excluding carboxylic acids is 2. The van der Waals surface area contributed by atoms with Crippen LogP contribution in [0.2, 0.25) is 0 Å². The van der Waals surface area contributed by atoms with E-state index in [-0.39, 0.29) is 18.1 Å². The van der Waals surface area contributed by atoms with E-state index in [1.165, 1.54) is 0 Å². The van der Waals surface area contributed by atoms with Crippen molar-refractivity contribution in [2.24, 2.45) is 4.99 Å². The number of ketones is 1. The second kappa shape index (κ2) is 11.5. The Kier molecular flexibility index (Phi) is 8.10. The van der Waals surface area contributed by atoms with E-state index in [0.29, 0.717) is 37.2 Å². The van der Waals surface area contributed by atoms with Crippen LogP contribution in [-0.4, -0.2) is 17.5 Å². The number of carbonyl (C=O) groups is 2. The molecule has 0 atom stereocenters. The van der Waals surface area contributed by atoms with Crippen LogP contribution < -0.4 is 5.32 Å². The number of nitrogens with zero attached hydrogens (tertiary/aromatic N) is 1. The first-order valence-electron chi connectivity index (χ1n) is 10.2. The summed E-state index contributed by atoms with van der Waals surface area (Å²) in [4.78, 5) is 29.5. The van der Waals surface area contributed by atoms with E-state index in [9.17, 15) is 9.59 Å².